The summed E-state index contributed by atoms with van der Waals surface area (Å²) in [6.45, 7) is 0. The number of nitrogens with zero attached hydrogens (tertiary/aromatic N) is 3. The summed E-state index contributed by atoms with van der Waals surface area (Å²) in [7, 11) is 0. The van der Waals surface area contributed by atoms with Gasteiger partial charge in [-0.15, -0.1) is 15.7 Å². The van der Waals surface area contributed by atoms with Crippen molar-refractivity contribution >= 4 is 24.1 Å². The molecule has 2 aliphatic heterocycles. The highest BCUT2D eigenvalue weighted by Gasteiger charge is 2.36. The van der Waals surface area contributed by atoms with Crippen molar-refractivity contribution in [3.05, 3.63) is 0 Å². The number of rotatable bonds is 1. The molecule has 5 N–H and O–H groups in total. The molecule has 85 valence electrons. The number of carbonyl (C=O) groups is 4. The summed E-state index contributed by atoms with van der Waals surface area (Å²) >= 11 is 0. The predicted molar refractivity (Wildman–Crippen MR) is 43.1 cm³/mol. The zero-order chi connectivity index (χ0) is 11.7. The summed E-state index contributed by atoms with van der Waals surface area (Å²) in [5, 5.41) is 0.907. The zero-order valence-corrected chi connectivity index (χ0v) is 7.47. The maximum Gasteiger partial charge on any atom is 0.378 e. The van der Waals surface area contributed by atoms with Crippen LogP contribution in [0.5, 0.6) is 0 Å². The molecule has 0 saturated carbocycles. The second-order valence-corrected chi connectivity index (χ2v) is 2.57. The van der Waals surface area contributed by atoms with Gasteiger partial charge in [0.15, 0.2) is 0 Å². The Bertz CT molecular complexity index is 344. The lowest BCUT2D eigenvalue weighted by Crippen LogP contribution is -2.76. The third-order valence-corrected chi connectivity index (χ3v) is 1.53. The summed E-state index contributed by atoms with van der Waals surface area (Å²) in [4.78, 5) is 44.1. The molecular formula is C4H5N8O4. The van der Waals surface area contributed by atoms with E-state index in [-0.39, 0.29) is 0 Å². The van der Waals surface area contributed by atoms with Crippen LogP contribution in [0, 0.1) is 0 Å². The molecule has 2 aliphatic rings. The van der Waals surface area contributed by atoms with Gasteiger partial charge in [-0.25, -0.2) is 46.3 Å². The summed E-state index contributed by atoms with van der Waals surface area (Å²) in [6, 6.07) is -3.49. The van der Waals surface area contributed by atoms with Crippen LogP contribution in [-0.4, -0.2) is 34.4 Å². The SMILES string of the molecule is O=C1[N]NC(=O)N(N2NC(=O)NNC2=O)N1. The smallest absolute Gasteiger partial charge is 0.246 e. The molecule has 12 nitrogen and oxygen atoms in total. The van der Waals surface area contributed by atoms with Gasteiger partial charge in [-0.05, 0) is 0 Å². The molecule has 16 heavy (non-hydrogen) atoms. The van der Waals surface area contributed by atoms with Gasteiger partial charge < -0.3 is 0 Å². The number of carbonyl (C=O) groups excluding carboxylic acids is 4. The van der Waals surface area contributed by atoms with Gasteiger partial charge in [0.2, 0.25) is 0 Å². The van der Waals surface area contributed by atoms with Crippen LogP contribution < -0.4 is 32.6 Å². The van der Waals surface area contributed by atoms with Crippen molar-refractivity contribution in [3.8, 4) is 0 Å². The third kappa shape index (κ3) is 1.54. The van der Waals surface area contributed by atoms with Crippen molar-refractivity contribution in [2.45, 2.75) is 0 Å². The highest BCUT2D eigenvalue weighted by Crippen LogP contribution is 1.98. The predicted octanol–water partition coefficient (Wildman–Crippen LogP) is -2.78. The Hall–Kier alpha value is -2.92. The van der Waals surface area contributed by atoms with Crippen LogP contribution in [0.15, 0.2) is 0 Å². The standard InChI is InChI=1S/C4H5N8O4/c13-1-5-7-3(15)11(9-1)12-4(16)8-6-2(14)10-12/h(H,7,15)(H,8,16)(H,9,13)(H2,6,10,14). The summed E-state index contributed by atoms with van der Waals surface area (Å²) in [5.41, 5.74) is 12.6. The van der Waals surface area contributed by atoms with Gasteiger partial charge in [-0.1, -0.05) is 0 Å². The lowest BCUT2D eigenvalue weighted by molar-refractivity contribution is -0.0254. The van der Waals surface area contributed by atoms with Crippen molar-refractivity contribution < 1.29 is 19.2 Å². The minimum atomic E-state index is -0.919. The van der Waals surface area contributed by atoms with Gasteiger partial charge in [0.05, 0.1) is 0 Å². The molecule has 0 unspecified atom stereocenters. The lowest BCUT2D eigenvalue weighted by Gasteiger charge is -2.36. The van der Waals surface area contributed by atoms with Crippen molar-refractivity contribution in [1.29, 1.82) is 0 Å². The average molecular weight is 229 g/mol. The van der Waals surface area contributed by atoms with Crippen molar-refractivity contribution in [2.24, 2.45) is 0 Å². The maximum atomic E-state index is 11.2. The molecule has 8 amide bonds. The summed E-state index contributed by atoms with van der Waals surface area (Å²) in [6.07, 6.45) is 0. The number of hydrogen-bond donors (Lipinski definition) is 5. The molecule has 2 heterocycles. The number of urea groups is 4. The molecule has 0 aromatic heterocycles. The molecular weight excluding hydrogens is 224 g/mol. The topological polar surface area (TPSA) is 149 Å². The van der Waals surface area contributed by atoms with E-state index in [9.17, 15) is 19.2 Å². The van der Waals surface area contributed by atoms with E-state index >= 15 is 0 Å². The van der Waals surface area contributed by atoms with Crippen molar-refractivity contribution in [1.82, 2.24) is 42.8 Å². The van der Waals surface area contributed by atoms with Crippen LogP contribution in [0.25, 0.3) is 0 Å². The Morgan fingerprint density at radius 1 is 0.875 bits per heavy atom. The van der Waals surface area contributed by atoms with Gasteiger partial charge in [0.25, 0.3) is 0 Å². The largest absolute Gasteiger partial charge is 0.378 e. The first-order valence-corrected chi connectivity index (χ1v) is 3.86. The zero-order valence-electron chi connectivity index (χ0n) is 7.47. The second-order valence-electron chi connectivity index (χ2n) is 2.57. The molecule has 2 saturated heterocycles. The second kappa shape index (κ2) is 3.34. The monoisotopic (exact) mass is 229 g/mol. The first-order chi connectivity index (χ1) is 7.58. The molecule has 0 aliphatic carbocycles. The Labute approximate surface area is 87.1 Å². The first kappa shape index (κ1) is 9.63. The summed E-state index contributed by atoms with van der Waals surface area (Å²) < 4.78 is 0. The number of amides is 8. The van der Waals surface area contributed by atoms with E-state index < -0.39 is 24.1 Å². The van der Waals surface area contributed by atoms with E-state index in [1.807, 2.05) is 27.1 Å². The van der Waals surface area contributed by atoms with Crippen LogP contribution in [0.4, 0.5) is 19.2 Å². The van der Waals surface area contributed by atoms with Gasteiger partial charge in [-0.3, -0.25) is 0 Å². The molecule has 0 spiro atoms. The minimum Gasteiger partial charge on any atom is -0.246 e. The molecule has 0 atom stereocenters. The first-order valence-electron chi connectivity index (χ1n) is 3.86. The van der Waals surface area contributed by atoms with Crippen LogP contribution in [0.2, 0.25) is 0 Å². The Morgan fingerprint density at radius 2 is 1.56 bits per heavy atom. The van der Waals surface area contributed by atoms with E-state index in [1.54, 1.807) is 0 Å². The van der Waals surface area contributed by atoms with Crippen molar-refractivity contribution in [3.63, 3.8) is 0 Å². The lowest BCUT2D eigenvalue weighted by atomic mass is 10.8. The van der Waals surface area contributed by atoms with Crippen molar-refractivity contribution in [2.75, 3.05) is 0 Å². The number of hydrazine groups is 4. The fourth-order valence-corrected chi connectivity index (χ4v) is 0.932. The normalized spacial score (nSPS) is 20.0. The maximum absolute atomic E-state index is 11.2. The van der Waals surface area contributed by atoms with Gasteiger partial charge in [0, 0.05) is 0 Å². The van der Waals surface area contributed by atoms with E-state index in [1.165, 1.54) is 0 Å². The van der Waals surface area contributed by atoms with E-state index in [0.717, 1.165) is 0 Å². The molecule has 2 fully saturated rings. The minimum absolute atomic E-state index is 0.448. The third-order valence-electron chi connectivity index (χ3n) is 1.53. The quantitative estimate of drug-likeness (QED) is 0.330. The molecule has 12 heteroatoms. The highest BCUT2D eigenvalue weighted by atomic mass is 16.3. The fraction of sp³-hybridized carbons (Fsp3) is 0. The Kier molecular flexibility index (Phi) is 2.01. The fourth-order valence-electron chi connectivity index (χ4n) is 0.932. The molecule has 1 radical (unpaired) electrons. The van der Waals surface area contributed by atoms with Crippen LogP contribution in [-0.2, 0) is 0 Å². The molecule has 2 rings (SSSR count). The van der Waals surface area contributed by atoms with Gasteiger partial charge in [0.1, 0.15) is 0 Å². The van der Waals surface area contributed by atoms with E-state index in [2.05, 4.69) is 5.43 Å². The molecule has 0 aromatic rings. The number of nitrogens with one attached hydrogen (secondary N) is 5. The summed E-state index contributed by atoms with van der Waals surface area (Å²) in [5.74, 6) is 0. The van der Waals surface area contributed by atoms with Gasteiger partial charge >= 0.3 is 24.1 Å². The highest BCUT2D eigenvalue weighted by molar-refractivity contribution is 5.90. The van der Waals surface area contributed by atoms with E-state index in [4.69, 9.17) is 0 Å². The molecule has 0 aromatic carbocycles. The average Bonchev–Trinajstić information content (AvgIpc) is 2.25. The Morgan fingerprint density at radius 3 is 2.31 bits per heavy atom. The Balaban J connectivity index is 2.14. The van der Waals surface area contributed by atoms with E-state index in [0.29, 0.717) is 10.2 Å². The van der Waals surface area contributed by atoms with Crippen LogP contribution in [0.1, 0.15) is 0 Å². The van der Waals surface area contributed by atoms with Crippen LogP contribution in [0.3, 0.4) is 0 Å². The van der Waals surface area contributed by atoms with Gasteiger partial charge in [-0.2, -0.15) is 0 Å². The van der Waals surface area contributed by atoms with Crippen LogP contribution >= 0.6 is 0 Å². The number of hydrogen-bond acceptors (Lipinski definition) is 4. The molecule has 0 bridgehead atoms.